The average Bonchev–Trinajstić information content (AvgIpc) is 2.57. The van der Waals surface area contributed by atoms with Crippen LogP contribution >= 0.6 is 0 Å². The first-order valence-electron chi connectivity index (χ1n) is 6.75. The number of rotatable bonds is 3. The van der Waals surface area contributed by atoms with E-state index in [4.69, 9.17) is 14.0 Å². The van der Waals surface area contributed by atoms with Crippen molar-refractivity contribution in [3.63, 3.8) is 0 Å². The van der Waals surface area contributed by atoms with E-state index in [2.05, 4.69) is 4.98 Å². The summed E-state index contributed by atoms with van der Waals surface area (Å²) in [5.74, 6) is 0.606. The number of pyridine rings is 1. The van der Waals surface area contributed by atoms with Crippen LogP contribution in [0.3, 0.4) is 0 Å². The summed E-state index contributed by atoms with van der Waals surface area (Å²) in [5.41, 5.74) is 0.467. The lowest BCUT2D eigenvalue weighted by atomic mass is 9.79. The molecule has 6 heteroatoms. The first-order valence-corrected chi connectivity index (χ1v) is 6.75. The molecule has 2 heterocycles. The van der Waals surface area contributed by atoms with Gasteiger partial charge in [0.2, 0.25) is 0 Å². The molecule has 110 valence electrons. The van der Waals surface area contributed by atoms with E-state index in [0.717, 1.165) is 5.46 Å². The van der Waals surface area contributed by atoms with Gasteiger partial charge in [0.05, 0.1) is 30.1 Å². The highest BCUT2D eigenvalue weighted by Crippen LogP contribution is 2.37. The standard InChI is InChI=1S/C14H22BNO4/c1-9(17)11-7-12(18-6)10(8-16-11)15-19-13(2,3)14(4,5)20-15/h7-9,17H,1-6H3. The topological polar surface area (TPSA) is 60.8 Å². The van der Waals surface area contributed by atoms with Gasteiger partial charge in [-0.05, 0) is 34.6 Å². The minimum absolute atomic E-state index is 0.411. The maximum Gasteiger partial charge on any atom is 0.500 e. The molecule has 1 aromatic heterocycles. The van der Waals surface area contributed by atoms with Gasteiger partial charge in [-0.15, -0.1) is 0 Å². The van der Waals surface area contributed by atoms with E-state index >= 15 is 0 Å². The largest absolute Gasteiger partial charge is 0.500 e. The van der Waals surface area contributed by atoms with E-state index < -0.39 is 24.4 Å². The lowest BCUT2D eigenvalue weighted by Crippen LogP contribution is -2.41. The highest BCUT2D eigenvalue weighted by molar-refractivity contribution is 6.63. The monoisotopic (exact) mass is 279 g/mol. The van der Waals surface area contributed by atoms with Gasteiger partial charge < -0.3 is 19.2 Å². The number of aliphatic hydroxyl groups excluding tert-OH is 1. The second-order valence-corrected chi connectivity index (χ2v) is 6.12. The first-order chi connectivity index (χ1) is 9.18. The maximum absolute atomic E-state index is 9.59. The molecule has 0 radical (unpaired) electrons. The molecule has 1 atom stereocenters. The lowest BCUT2D eigenvalue weighted by molar-refractivity contribution is 0.00578. The number of aliphatic hydroxyl groups is 1. The van der Waals surface area contributed by atoms with Crippen molar-refractivity contribution in [3.05, 3.63) is 18.0 Å². The predicted molar refractivity (Wildman–Crippen MR) is 77.1 cm³/mol. The molecule has 1 aliphatic heterocycles. The number of methoxy groups -OCH3 is 1. The summed E-state index contributed by atoms with van der Waals surface area (Å²) in [4.78, 5) is 4.24. The van der Waals surface area contributed by atoms with E-state index in [-0.39, 0.29) is 0 Å². The van der Waals surface area contributed by atoms with Crippen molar-refractivity contribution >= 4 is 12.6 Å². The zero-order valence-corrected chi connectivity index (χ0v) is 12.9. The van der Waals surface area contributed by atoms with Crippen LogP contribution in [-0.2, 0) is 9.31 Å². The lowest BCUT2D eigenvalue weighted by Gasteiger charge is -2.32. The van der Waals surface area contributed by atoms with Gasteiger partial charge >= 0.3 is 7.12 Å². The number of ether oxygens (including phenoxy) is 1. The van der Waals surface area contributed by atoms with Crippen molar-refractivity contribution in [2.45, 2.75) is 51.9 Å². The van der Waals surface area contributed by atoms with Crippen LogP contribution in [0.2, 0.25) is 0 Å². The summed E-state index contributed by atoms with van der Waals surface area (Å²) < 4.78 is 17.4. The minimum Gasteiger partial charge on any atom is -0.497 e. The second-order valence-electron chi connectivity index (χ2n) is 6.12. The summed E-state index contributed by atoms with van der Waals surface area (Å²) in [6.45, 7) is 9.65. The SMILES string of the molecule is COc1cc(C(C)O)ncc1B1OC(C)(C)C(C)(C)O1. The third-order valence-corrected chi connectivity index (χ3v) is 4.07. The summed E-state index contributed by atoms with van der Waals surface area (Å²) in [6, 6.07) is 1.71. The molecule has 0 bridgehead atoms. The Bertz CT molecular complexity index is 486. The van der Waals surface area contributed by atoms with Crippen LogP contribution in [0.5, 0.6) is 5.75 Å². The summed E-state index contributed by atoms with van der Waals surface area (Å²) in [5, 5.41) is 9.59. The molecule has 20 heavy (non-hydrogen) atoms. The van der Waals surface area contributed by atoms with Gasteiger partial charge in [-0.2, -0.15) is 0 Å². The van der Waals surface area contributed by atoms with E-state index in [0.29, 0.717) is 11.4 Å². The number of aromatic nitrogens is 1. The van der Waals surface area contributed by atoms with Crippen LogP contribution in [0.4, 0.5) is 0 Å². The molecule has 2 rings (SSSR count). The molecule has 1 fully saturated rings. The Labute approximate surface area is 120 Å². The molecule has 5 nitrogen and oxygen atoms in total. The van der Waals surface area contributed by atoms with E-state index in [1.807, 2.05) is 27.7 Å². The summed E-state index contributed by atoms with van der Waals surface area (Å²) >= 11 is 0. The number of nitrogens with zero attached hydrogens (tertiary/aromatic N) is 1. The molecule has 0 aromatic carbocycles. The van der Waals surface area contributed by atoms with Gasteiger partial charge in [-0.1, -0.05) is 0 Å². The minimum atomic E-state index is -0.642. The van der Waals surface area contributed by atoms with Crippen LogP contribution < -0.4 is 10.2 Å². The van der Waals surface area contributed by atoms with E-state index in [9.17, 15) is 5.11 Å². The molecule has 1 aliphatic rings. The zero-order valence-electron chi connectivity index (χ0n) is 12.9. The molecule has 1 aromatic rings. The van der Waals surface area contributed by atoms with Crippen molar-refractivity contribution in [1.29, 1.82) is 0 Å². The normalized spacial score (nSPS) is 21.9. The van der Waals surface area contributed by atoms with Crippen LogP contribution in [0.1, 0.15) is 46.4 Å². The van der Waals surface area contributed by atoms with Gasteiger partial charge in [-0.25, -0.2) is 0 Å². The van der Waals surface area contributed by atoms with Crippen LogP contribution in [0, 0.1) is 0 Å². The quantitative estimate of drug-likeness (QED) is 0.848. The highest BCUT2D eigenvalue weighted by Gasteiger charge is 2.52. The summed E-state index contributed by atoms with van der Waals surface area (Å²) in [7, 11) is 1.06. The van der Waals surface area contributed by atoms with E-state index in [1.165, 1.54) is 0 Å². The van der Waals surface area contributed by atoms with Crippen LogP contribution in [0.25, 0.3) is 0 Å². The summed E-state index contributed by atoms with van der Waals surface area (Å²) in [6.07, 6.45) is 1.000. The maximum atomic E-state index is 9.59. The zero-order chi connectivity index (χ0) is 15.1. The Morgan fingerprint density at radius 1 is 1.25 bits per heavy atom. The van der Waals surface area contributed by atoms with Crippen molar-refractivity contribution in [2.24, 2.45) is 0 Å². The Morgan fingerprint density at radius 3 is 2.25 bits per heavy atom. The smallest absolute Gasteiger partial charge is 0.497 e. The van der Waals surface area contributed by atoms with Gasteiger partial charge in [0.1, 0.15) is 5.75 Å². The fourth-order valence-electron chi connectivity index (χ4n) is 2.01. The third-order valence-electron chi connectivity index (χ3n) is 4.07. The Hall–Kier alpha value is -1.11. The Kier molecular flexibility index (Phi) is 3.84. The molecule has 1 N–H and O–H groups in total. The fourth-order valence-corrected chi connectivity index (χ4v) is 2.01. The molecule has 0 spiro atoms. The predicted octanol–water partition coefficient (Wildman–Crippen LogP) is 1.44. The Balaban J connectivity index is 2.35. The molecule has 0 saturated carbocycles. The fraction of sp³-hybridized carbons (Fsp3) is 0.643. The molecular formula is C14H22BNO4. The van der Waals surface area contributed by atoms with Crippen LogP contribution in [-0.4, -0.2) is 35.5 Å². The van der Waals surface area contributed by atoms with Crippen molar-refractivity contribution in [2.75, 3.05) is 7.11 Å². The first kappa shape index (κ1) is 15.3. The van der Waals surface area contributed by atoms with Crippen LogP contribution in [0.15, 0.2) is 12.3 Å². The Morgan fingerprint density at radius 2 is 1.80 bits per heavy atom. The highest BCUT2D eigenvalue weighted by atomic mass is 16.7. The van der Waals surface area contributed by atoms with Gasteiger partial charge in [-0.3, -0.25) is 4.98 Å². The number of hydrogen-bond acceptors (Lipinski definition) is 5. The molecule has 1 saturated heterocycles. The van der Waals surface area contributed by atoms with Gasteiger partial charge in [0.25, 0.3) is 0 Å². The van der Waals surface area contributed by atoms with Crippen molar-refractivity contribution in [1.82, 2.24) is 4.98 Å². The molecule has 0 aliphatic carbocycles. The second kappa shape index (κ2) is 5.02. The molecular weight excluding hydrogens is 257 g/mol. The van der Waals surface area contributed by atoms with Gasteiger partial charge in [0.15, 0.2) is 0 Å². The molecule has 1 unspecified atom stereocenters. The third kappa shape index (κ3) is 2.55. The van der Waals surface area contributed by atoms with Crippen molar-refractivity contribution < 1.29 is 19.2 Å². The van der Waals surface area contributed by atoms with E-state index in [1.54, 1.807) is 26.3 Å². The average molecular weight is 279 g/mol. The van der Waals surface area contributed by atoms with Gasteiger partial charge in [0, 0.05) is 17.7 Å². The van der Waals surface area contributed by atoms with Crippen molar-refractivity contribution in [3.8, 4) is 5.75 Å². The number of hydrogen-bond donors (Lipinski definition) is 1. The molecule has 0 amide bonds.